The van der Waals surface area contributed by atoms with Crippen LogP contribution in [0.1, 0.15) is 6.42 Å². The van der Waals surface area contributed by atoms with Gasteiger partial charge in [-0.05, 0) is 0 Å². The van der Waals surface area contributed by atoms with Crippen LogP contribution in [0.2, 0.25) is 0 Å². The fourth-order valence-electron chi connectivity index (χ4n) is 0. The third kappa shape index (κ3) is 11.1. The summed E-state index contributed by atoms with van der Waals surface area (Å²) in [5.41, 5.74) is 0. The van der Waals surface area contributed by atoms with Gasteiger partial charge >= 0.3 is 0 Å². The topological polar surface area (TPSA) is 0 Å². The van der Waals surface area contributed by atoms with Crippen LogP contribution in [-0.4, -0.2) is 0 Å². The van der Waals surface area contributed by atoms with Crippen LogP contribution in [0.15, 0.2) is 0 Å². The molecule has 0 bridgehead atoms. The summed E-state index contributed by atoms with van der Waals surface area (Å²) in [5, 5.41) is 0. The van der Waals surface area contributed by atoms with Crippen molar-refractivity contribution in [2.45, 2.75) is 6.42 Å². The zero-order chi connectivity index (χ0) is 3.41. The average molecular weight is 144 g/mol. The average Bonchev–Trinajstić information content (AvgIpc) is 1.37. The Labute approximate surface area is 59.2 Å². The largest absolute Gasteiger partial charge is 0.346 e. The molecule has 0 nitrogen and oxygen atoms in total. The van der Waals surface area contributed by atoms with E-state index in [1.165, 1.54) is 0 Å². The standard InChI is InChI=1S/C4H7.Y/c1-3-4-2;/h3H,1-2,4H2;/q-2;. The fourth-order valence-corrected chi connectivity index (χ4v) is 0. The molecule has 0 amide bonds. The van der Waals surface area contributed by atoms with E-state index >= 15 is 0 Å². The van der Waals surface area contributed by atoms with Crippen molar-refractivity contribution < 1.29 is 32.7 Å². The van der Waals surface area contributed by atoms with Crippen LogP contribution in [0.3, 0.4) is 0 Å². The zero-order valence-corrected chi connectivity index (χ0v) is 6.11. The van der Waals surface area contributed by atoms with Gasteiger partial charge in [0.25, 0.3) is 0 Å². The molecular formula is C4H7Y-2. The van der Waals surface area contributed by atoms with Gasteiger partial charge in [0.2, 0.25) is 0 Å². The summed E-state index contributed by atoms with van der Waals surface area (Å²) in [6.45, 7) is 6.90. The van der Waals surface area contributed by atoms with E-state index in [1.54, 1.807) is 6.42 Å². The summed E-state index contributed by atoms with van der Waals surface area (Å²) in [4.78, 5) is 0. The number of hydrogen-bond acceptors (Lipinski definition) is 0. The van der Waals surface area contributed by atoms with E-state index in [0.717, 1.165) is 6.42 Å². The third-order valence-corrected chi connectivity index (χ3v) is 0.204. The predicted octanol–water partition coefficient (Wildman–Crippen LogP) is 1.25. The molecule has 0 aliphatic heterocycles. The first-order valence-corrected chi connectivity index (χ1v) is 1.32. The minimum absolute atomic E-state index is 0. The van der Waals surface area contributed by atoms with Gasteiger partial charge in [0, 0.05) is 32.7 Å². The molecule has 0 fully saturated rings. The molecule has 5 heavy (non-hydrogen) atoms. The first-order chi connectivity index (χ1) is 1.91. The Morgan fingerprint density at radius 1 is 1.60 bits per heavy atom. The molecule has 0 aromatic rings. The van der Waals surface area contributed by atoms with Crippen molar-refractivity contribution in [1.29, 1.82) is 0 Å². The second-order valence-corrected chi connectivity index (χ2v) is 0.577. The first kappa shape index (κ1) is 9.44. The normalized spacial score (nSPS) is 6.00. The quantitative estimate of drug-likeness (QED) is 0.485. The molecule has 0 aromatic carbocycles. The third-order valence-electron chi connectivity index (χ3n) is 0.204. The van der Waals surface area contributed by atoms with Crippen LogP contribution in [0.4, 0.5) is 0 Å². The molecule has 28 valence electrons. The van der Waals surface area contributed by atoms with Gasteiger partial charge in [0.15, 0.2) is 0 Å². The minimum atomic E-state index is 0. The fraction of sp³-hybridized carbons (Fsp3) is 0.250. The van der Waals surface area contributed by atoms with Crippen molar-refractivity contribution in [1.82, 2.24) is 0 Å². The molecule has 0 spiro atoms. The van der Waals surface area contributed by atoms with E-state index in [4.69, 9.17) is 0 Å². The summed E-state index contributed by atoms with van der Waals surface area (Å²) in [6.07, 6.45) is 2.60. The summed E-state index contributed by atoms with van der Waals surface area (Å²) < 4.78 is 0. The van der Waals surface area contributed by atoms with Gasteiger partial charge in [-0.2, -0.15) is 0 Å². The summed E-state index contributed by atoms with van der Waals surface area (Å²) in [5.74, 6) is 0. The Balaban J connectivity index is 0. The molecule has 2 radical (unpaired) electrons. The van der Waals surface area contributed by atoms with Gasteiger partial charge in [-0.1, -0.05) is 0 Å². The summed E-state index contributed by atoms with van der Waals surface area (Å²) >= 11 is 0. The summed E-state index contributed by atoms with van der Waals surface area (Å²) in [7, 11) is 0. The van der Waals surface area contributed by atoms with Crippen molar-refractivity contribution in [3.8, 4) is 0 Å². The molecule has 0 aliphatic rings. The Bertz CT molecular complexity index is 5.61. The Morgan fingerprint density at radius 2 is 1.80 bits per heavy atom. The second-order valence-electron chi connectivity index (χ2n) is 0.577. The number of rotatable bonds is 1. The van der Waals surface area contributed by atoms with Gasteiger partial charge in [-0.15, -0.1) is 0 Å². The molecule has 0 saturated heterocycles. The van der Waals surface area contributed by atoms with Gasteiger partial charge in [0.1, 0.15) is 0 Å². The van der Waals surface area contributed by atoms with Crippen molar-refractivity contribution in [3.63, 3.8) is 0 Å². The van der Waals surface area contributed by atoms with Crippen LogP contribution in [0.25, 0.3) is 0 Å². The van der Waals surface area contributed by atoms with Gasteiger partial charge < -0.3 is 13.8 Å². The van der Waals surface area contributed by atoms with Crippen LogP contribution in [0.5, 0.6) is 0 Å². The van der Waals surface area contributed by atoms with Crippen molar-refractivity contribution in [3.05, 3.63) is 20.3 Å². The van der Waals surface area contributed by atoms with Crippen LogP contribution in [-0.2, 0) is 32.7 Å². The van der Waals surface area contributed by atoms with E-state index in [0.29, 0.717) is 0 Å². The monoisotopic (exact) mass is 144 g/mol. The molecule has 0 rings (SSSR count). The van der Waals surface area contributed by atoms with Gasteiger partial charge in [0.05, 0.1) is 0 Å². The minimum Gasteiger partial charge on any atom is -0.346 e. The predicted molar refractivity (Wildman–Crippen MR) is 19.6 cm³/mol. The van der Waals surface area contributed by atoms with Crippen molar-refractivity contribution in [2.75, 3.05) is 0 Å². The van der Waals surface area contributed by atoms with Gasteiger partial charge in [-0.3, -0.25) is 0 Å². The van der Waals surface area contributed by atoms with E-state index in [-0.39, 0.29) is 32.7 Å². The Kier molecular flexibility index (Phi) is 16.8. The van der Waals surface area contributed by atoms with Crippen LogP contribution < -0.4 is 0 Å². The maximum atomic E-state index is 3.49. The van der Waals surface area contributed by atoms with Crippen molar-refractivity contribution in [2.24, 2.45) is 0 Å². The maximum Gasteiger partial charge on any atom is 0 e. The van der Waals surface area contributed by atoms with E-state index in [1.807, 2.05) is 0 Å². The SMILES string of the molecule is [CH2-][CH]C[CH2-].[Y]. The molecule has 0 aliphatic carbocycles. The van der Waals surface area contributed by atoms with E-state index < -0.39 is 0 Å². The second kappa shape index (κ2) is 8.92. The first-order valence-electron chi connectivity index (χ1n) is 1.32. The Morgan fingerprint density at radius 3 is 1.80 bits per heavy atom. The molecule has 0 atom stereocenters. The van der Waals surface area contributed by atoms with Gasteiger partial charge in [-0.25, -0.2) is 12.8 Å². The molecule has 0 N–H and O–H groups in total. The Hall–Kier alpha value is 1.10. The molecule has 1 heteroatoms. The van der Waals surface area contributed by atoms with E-state index in [2.05, 4.69) is 13.8 Å². The molecule has 0 heterocycles. The maximum absolute atomic E-state index is 3.49. The van der Waals surface area contributed by atoms with E-state index in [9.17, 15) is 0 Å². The zero-order valence-electron chi connectivity index (χ0n) is 3.28. The summed E-state index contributed by atoms with van der Waals surface area (Å²) in [6, 6.07) is 0. The molecular weight excluding hydrogens is 137 g/mol. The molecule has 0 aromatic heterocycles. The molecule has 0 saturated carbocycles. The number of hydrogen-bond donors (Lipinski definition) is 0. The van der Waals surface area contributed by atoms with Crippen LogP contribution in [0, 0.1) is 20.3 Å². The van der Waals surface area contributed by atoms with Crippen molar-refractivity contribution >= 4 is 0 Å². The molecule has 0 unspecified atom stereocenters. The number of unbranched alkanes of at least 4 members (excludes halogenated alkanes) is 1. The van der Waals surface area contributed by atoms with Crippen LogP contribution >= 0.6 is 0 Å². The smallest absolute Gasteiger partial charge is 0 e.